The highest BCUT2D eigenvalue weighted by molar-refractivity contribution is 7.99. The average Bonchev–Trinajstić information content (AvgIpc) is 2.37. The predicted molar refractivity (Wildman–Crippen MR) is 78.1 cm³/mol. The minimum atomic E-state index is -0.768. The Morgan fingerprint density at radius 1 is 1.32 bits per heavy atom. The summed E-state index contributed by atoms with van der Waals surface area (Å²) in [6, 6.07) is -0.120. The number of hydrogen-bond acceptors (Lipinski definition) is 3. The lowest BCUT2D eigenvalue weighted by molar-refractivity contribution is -0.156. The summed E-state index contributed by atoms with van der Waals surface area (Å²) in [5, 5.41) is 3.43. The normalized spacial score (nSPS) is 35.2. The molecule has 19 heavy (non-hydrogen) atoms. The Balaban J connectivity index is 2.20. The van der Waals surface area contributed by atoms with Gasteiger partial charge in [-0.25, -0.2) is 0 Å². The van der Waals surface area contributed by atoms with E-state index < -0.39 is 5.54 Å². The Kier molecular flexibility index (Phi) is 4.14. The summed E-state index contributed by atoms with van der Waals surface area (Å²) < 4.78 is 0. The third kappa shape index (κ3) is 2.76. The van der Waals surface area contributed by atoms with Crippen molar-refractivity contribution in [3.05, 3.63) is 0 Å². The molecule has 3 atom stereocenters. The van der Waals surface area contributed by atoms with Crippen molar-refractivity contribution in [3.63, 3.8) is 0 Å². The number of nitrogens with zero attached hydrogens (tertiary/aromatic N) is 1. The number of rotatable bonds is 2. The number of carbonyl (C=O) groups excluding carboxylic acids is 2. The summed E-state index contributed by atoms with van der Waals surface area (Å²) in [4.78, 5) is 26.5. The smallest absolute Gasteiger partial charge is 0.248 e. The van der Waals surface area contributed by atoms with Gasteiger partial charge in [0.25, 0.3) is 0 Å². The second-order valence-electron chi connectivity index (χ2n) is 6.18. The minimum absolute atomic E-state index is 0.0316. The first-order valence-corrected chi connectivity index (χ1v) is 8.33. The summed E-state index contributed by atoms with van der Waals surface area (Å²) in [7, 11) is 0. The van der Waals surface area contributed by atoms with Gasteiger partial charge in [-0.05, 0) is 46.3 Å². The van der Waals surface area contributed by atoms with Crippen LogP contribution in [0.15, 0.2) is 0 Å². The molecule has 5 heteroatoms. The average molecular weight is 284 g/mol. The quantitative estimate of drug-likeness (QED) is 0.841. The molecule has 2 aliphatic rings. The first kappa shape index (κ1) is 14.7. The molecule has 2 rings (SSSR count). The maximum Gasteiger partial charge on any atom is 0.248 e. The lowest BCUT2D eigenvalue weighted by Crippen LogP contribution is -2.69. The number of nitrogens with one attached hydrogen (secondary N) is 1. The van der Waals surface area contributed by atoms with Crippen LogP contribution in [0.2, 0.25) is 0 Å². The van der Waals surface area contributed by atoms with Gasteiger partial charge in [-0.1, -0.05) is 6.42 Å². The van der Waals surface area contributed by atoms with E-state index in [4.69, 9.17) is 0 Å². The molecule has 1 saturated heterocycles. The first-order valence-electron chi connectivity index (χ1n) is 7.04. The maximum absolute atomic E-state index is 12.6. The molecule has 1 N–H and O–H groups in total. The first-order chi connectivity index (χ1) is 8.86. The fraction of sp³-hybridized carbons (Fsp3) is 0.857. The van der Waals surface area contributed by atoms with E-state index in [1.54, 1.807) is 13.8 Å². The van der Waals surface area contributed by atoms with Crippen molar-refractivity contribution < 1.29 is 9.59 Å². The molecule has 0 spiro atoms. The van der Waals surface area contributed by atoms with Gasteiger partial charge in [-0.2, -0.15) is 11.8 Å². The molecule has 1 saturated carbocycles. The second-order valence-corrected chi connectivity index (χ2v) is 7.32. The predicted octanol–water partition coefficient (Wildman–Crippen LogP) is 1.79. The molecular formula is C14H24N2O2S. The Bertz CT molecular complexity index is 384. The lowest BCUT2D eigenvalue weighted by Gasteiger charge is -2.47. The number of thioether (sulfide) groups is 1. The second kappa shape index (κ2) is 5.35. The molecule has 4 nitrogen and oxygen atoms in total. The van der Waals surface area contributed by atoms with Crippen LogP contribution < -0.4 is 5.32 Å². The number of piperazine rings is 1. The van der Waals surface area contributed by atoms with Gasteiger partial charge in [0.1, 0.15) is 11.6 Å². The van der Waals surface area contributed by atoms with Crippen molar-refractivity contribution in [3.8, 4) is 0 Å². The van der Waals surface area contributed by atoms with Crippen molar-refractivity contribution >= 4 is 23.6 Å². The summed E-state index contributed by atoms with van der Waals surface area (Å²) in [5.41, 5.74) is -0.768. The van der Waals surface area contributed by atoms with E-state index in [1.165, 1.54) is 6.42 Å². The molecule has 108 valence electrons. The van der Waals surface area contributed by atoms with Crippen LogP contribution in [-0.4, -0.2) is 45.8 Å². The SMILES string of the molecule is CSC1CCCC(N2C(=O)C(C)(C)NC(=O)C2C)C1. The van der Waals surface area contributed by atoms with Crippen LogP contribution in [0, 0.1) is 0 Å². The fourth-order valence-electron chi connectivity index (χ4n) is 3.16. The van der Waals surface area contributed by atoms with Crippen molar-refractivity contribution in [1.29, 1.82) is 0 Å². The molecule has 2 amide bonds. The van der Waals surface area contributed by atoms with E-state index in [0.717, 1.165) is 19.3 Å². The molecule has 3 unspecified atom stereocenters. The zero-order chi connectivity index (χ0) is 14.2. The molecule has 1 heterocycles. The van der Waals surface area contributed by atoms with Gasteiger partial charge < -0.3 is 10.2 Å². The van der Waals surface area contributed by atoms with Gasteiger partial charge >= 0.3 is 0 Å². The van der Waals surface area contributed by atoms with Crippen LogP contribution in [0.1, 0.15) is 46.5 Å². The highest BCUT2D eigenvalue weighted by atomic mass is 32.2. The van der Waals surface area contributed by atoms with Crippen molar-refractivity contribution in [2.45, 2.75) is 69.3 Å². The van der Waals surface area contributed by atoms with Crippen LogP contribution in [0.25, 0.3) is 0 Å². The summed E-state index contributed by atoms with van der Waals surface area (Å²) >= 11 is 1.88. The molecule has 2 fully saturated rings. The Hall–Kier alpha value is -0.710. The Morgan fingerprint density at radius 3 is 2.63 bits per heavy atom. The van der Waals surface area contributed by atoms with E-state index >= 15 is 0 Å². The van der Waals surface area contributed by atoms with E-state index in [1.807, 2.05) is 23.6 Å². The van der Waals surface area contributed by atoms with Crippen LogP contribution in [0.5, 0.6) is 0 Å². The molecule has 1 aliphatic heterocycles. The van der Waals surface area contributed by atoms with Gasteiger partial charge in [-0.3, -0.25) is 9.59 Å². The molecule has 0 aromatic rings. The van der Waals surface area contributed by atoms with Gasteiger partial charge in [0.2, 0.25) is 11.8 Å². The van der Waals surface area contributed by atoms with Crippen molar-refractivity contribution in [1.82, 2.24) is 10.2 Å². The van der Waals surface area contributed by atoms with Crippen molar-refractivity contribution in [2.24, 2.45) is 0 Å². The molecule has 0 aromatic carbocycles. The fourth-order valence-corrected chi connectivity index (χ4v) is 3.98. The Labute approximate surface area is 119 Å². The summed E-state index contributed by atoms with van der Waals surface area (Å²) in [5.74, 6) is 0.0298. The van der Waals surface area contributed by atoms with Gasteiger partial charge in [0.05, 0.1) is 0 Å². The maximum atomic E-state index is 12.6. The molecule has 1 aliphatic carbocycles. The zero-order valence-electron chi connectivity index (χ0n) is 12.2. The van der Waals surface area contributed by atoms with Crippen molar-refractivity contribution in [2.75, 3.05) is 6.26 Å². The third-order valence-electron chi connectivity index (χ3n) is 4.33. The zero-order valence-corrected chi connectivity index (χ0v) is 13.0. The lowest BCUT2D eigenvalue weighted by atomic mass is 9.88. The summed E-state index contributed by atoms with van der Waals surface area (Å²) in [6.07, 6.45) is 6.54. The minimum Gasteiger partial charge on any atom is -0.340 e. The highest BCUT2D eigenvalue weighted by Crippen LogP contribution is 2.33. The number of carbonyl (C=O) groups is 2. The van der Waals surface area contributed by atoms with E-state index in [-0.39, 0.29) is 23.9 Å². The van der Waals surface area contributed by atoms with Crippen LogP contribution >= 0.6 is 11.8 Å². The van der Waals surface area contributed by atoms with Crippen LogP contribution in [0.3, 0.4) is 0 Å². The number of hydrogen-bond donors (Lipinski definition) is 1. The highest BCUT2D eigenvalue weighted by Gasteiger charge is 2.46. The number of amides is 2. The summed E-state index contributed by atoms with van der Waals surface area (Å²) in [6.45, 7) is 5.42. The van der Waals surface area contributed by atoms with Crippen LogP contribution in [0.4, 0.5) is 0 Å². The largest absolute Gasteiger partial charge is 0.340 e. The molecular weight excluding hydrogens is 260 g/mol. The topological polar surface area (TPSA) is 49.4 Å². The van der Waals surface area contributed by atoms with E-state index in [0.29, 0.717) is 5.25 Å². The van der Waals surface area contributed by atoms with Gasteiger partial charge in [0.15, 0.2) is 0 Å². The van der Waals surface area contributed by atoms with E-state index in [9.17, 15) is 9.59 Å². The monoisotopic (exact) mass is 284 g/mol. The van der Waals surface area contributed by atoms with Crippen LogP contribution in [-0.2, 0) is 9.59 Å². The molecule has 0 bridgehead atoms. The molecule has 0 radical (unpaired) electrons. The van der Waals surface area contributed by atoms with Gasteiger partial charge in [0, 0.05) is 11.3 Å². The standard InChI is InChI=1S/C14H24N2O2S/c1-9-12(17)15-14(2,3)13(18)16(9)10-6-5-7-11(8-10)19-4/h9-11H,5-8H2,1-4H3,(H,15,17). The van der Waals surface area contributed by atoms with Gasteiger partial charge in [-0.15, -0.1) is 0 Å². The third-order valence-corrected chi connectivity index (χ3v) is 5.42. The van der Waals surface area contributed by atoms with E-state index in [2.05, 4.69) is 11.6 Å². The Morgan fingerprint density at radius 2 is 2.00 bits per heavy atom. The molecule has 0 aromatic heterocycles.